The van der Waals surface area contributed by atoms with Crippen LogP contribution in [0.2, 0.25) is 5.02 Å². The number of aromatic nitrogens is 1. The Morgan fingerprint density at radius 3 is 2.61 bits per heavy atom. The summed E-state index contributed by atoms with van der Waals surface area (Å²) < 4.78 is 51.0. The Balaban J connectivity index is 2.02. The summed E-state index contributed by atoms with van der Waals surface area (Å²) >= 11 is 5.95. The number of amidine groups is 1. The third-order valence-electron chi connectivity index (χ3n) is 5.01. The molecule has 1 aliphatic heterocycles. The van der Waals surface area contributed by atoms with Crippen LogP contribution in [0.25, 0.3) is 0 Å². The second kappa shape index (κ2) is 7.42. The first kappa shape index (κ1) is 22.4. The zero-order chi connectivity index (χ0) is 23.2. The lowest BCUT2D eigenvalue weighted by Crippen LogP contribution is -2.62. The molecular weight excluding hydrogens is 435 g/mol. The first-order valence-corrected chi connectivity index (χ1v) is 9.30. The molecule has 0 saturated carbocycles. The fraction of sp³-hybridized carbons (Fsp3) is 0.300. The molecule has 3 rings (SSSR count). The fourth-order valence-electron chi connectivity index (χ4n) is 3.29. The van der Waals surface area contributed by atoms with Crippen LogP contribution in [-0.4, -0.2) is 28.4 Å². The predicted octanol–water partition coefficient (Wildman–Crippen LogP) is 3.97. The number of alkyl halides is 2. The maximum absolute atomic E-state index is 15.3. The first-order valence-electron chi connectivity index (χ1n) is 8.92. The summed E-state index contributed by atoms with van der Waals surface area (Å²) in [6.45, 7) is 3.31. The molecule has 0 radical (unpaired) electrons. The monoisotopic (exact) mass is 451 g/mol. The Morgan fingerprint density at radius 1 is 1.32 bits per heavy atom. The van der Waals surface area contributed by atoms with E-state index in [4.69, 9.17) is 27.3 Å². The number of nitrogens with two attached hydrogens (primary N) is 1. The second-order valence-electron chi connectivity index (χ2n) is 7.51. The van der Waals surface area contributed by atoms with E-state index in [0.29, 0.717) is 0 Å². The number of ether oxygens (including phenoxy) is 1. The number of rotatable bonds is 3. The average molecular weight is 452 g/mol. The van der Waals surface area contributed by atoms with Crippen molar-refractivity contribution in [2.45, 2.75) is 37.8 Å². The summed E-state index contributed by atoms with van der Waals surface area (Å²) in [5, 5.41) is 11.0. The fourth-order valence-corrected chi connectivity index (χ4v) is 3.55. The van der Waals surface area contributed by atoms with Gasteiger partial charge in [0.2, 0.25) is 5.60 Å². The van der Waals surface area contributed by atoms with Gasteiger partial charge in [-0.05, 0) is 32.9 Å². The molecule has 3 N–H and O–H groups in total. The summed E-state index contributed by atoms with van der Waals surface area (Å²) in [6.07, 6.45) is 1.12. The standard InChI is InChI=1S/C20H17ClF3N5O2/c1-18(2)20(23,24)19(3,31-17(26)29-18)11-5-4-6-13(14(11)22)28-16(30)15-12(21)7-10(8-25)9-27-15/h4-7,9H,1-3H3,(H2,26,29)(H,28,30)/t19-/m1/s1. The number of carbonyl (C=O) groups excluding carboxylic acids is 1. The number of aliphatic imine (C=N–C) groups is 1. The zero-order valence-electron chi connectivity index (χ0n) is 16.6. The van der Waals surface area contributed by atoms with Crippen molar-refractivity contribution in [2.24, 2.45) is 10.7 Å². The van der Waals surface area contributed by atoms with Gasteiger partial charge in [-0.15, -0.1) is 0 Å². The molecule has 31 heavy (non-hydrogen) atoms. The smallest absolute Gasteiger partial charge is 0.315 e. The summed E-state index contributed by atoms with van der Waals surface area (Å²) in [4.78, 5) is 19.9. The maximum atomic E-state index is 15.3. The molecule has 0 aliphatic carbocycles. The largest absolute Gasteiger partial charge is 0.448 e. The molecule has 1 atom stereocenters. The number of amides is 1. The SMILES string of the molecule is CC1(C)N=C(N)O[C@](C)(c2cccc(NC(=O)c3ncc(C#N)cc3Cl)c2F)C1(F)F. The molecule has 0 unspecified atom stereocenters. The van der Waals surface area contributed by atoms with Gasteiger partial charge in [-0.2, -0.15) is 14.0 Å². The van der Waals surface area contributed by atoms with Crippen molar-refractivity contribution in [1.29, 1.82) is 5.26 Å². The lowest BCUT2D eigenvalue weighted by Gasteiger charge is -2.47. The minimum Gasteiger partial charge on any atom is -0.448 e. The summed E-state index contributed by atoms with van der Waals surface area (Å²) in [6, 6.07) is 6.09. The molecule has 1 aromatic carbocycles. The molecule has 11 heteroatoms. The number of nitriles is 1. The van der Waals surface area contributed by atoms with Crippen molar-refractivity contribution in [3.05, 3.63) is 58.1 Å². The molecule has 1 aromatic heterocycles. The number of halogens is 4. The van der Waals surface area contributed by atoms with Gasteiger partial charge in [0.25, 0.3) is 11.9 Å². The van der Waals surface area contributed by atoms with E-state index in [1.807, 2.05) is 6.07 Å². The van der Waals surface area contributed by atoms with E-state index in [1.165, 1.54) is 18.2 Å². The van der Waals surface area contributed by atoms with Crippen molar-refractivity contribution in [2.75, 3.05) is 5.32 Å². The van der Waals surface area contributed by atoms with Gasteiger partial charge in [0.1, 0.15) is 17.3 Å². The third kappa shape index (κ3) is 3.55. The van der Waals surface area contributed by atoms with E-state index in [2.05, 4.69) is 15.3 Å². The van der Waals surface area contributed by atoms with Crippen molar-refractivity contribution < 1.29 is 22.7 Å². The third-order valence-corrected chi connectivity index (χ3v) is 5.30. The van der Waals surface area contributed by atoms with Crippen LogP contribution in [0, 0.1) is 17.1 Å². The Labute approximate surface area is 180 Å². The van der Waals surface area contributed by atoms with Crippen LogP contribution in [0.4, 0.5) is 18.9 Å². The van der Waals surface area contributed by atoms with Crippen LogP contribution in [0.1, 0.15) is 42.4 Å². The lowest BCUT2D eigenvalue weighted by molar-refractivity contribution is -0.215. The van der Waals surface area contributed by atoms with Crippen LogP contribution < -0.4 is 11.1 Å². The summed E-state index contributed by atoms with van der Waals surface area (Å²) in [5.41, 5.74) is 0.0366. The molecule has 0 saturated heterocycles. The highest BCUT2D eigenvalue weighted by Gasteiger charge is 2.66. The Bertz CT molecular complexity index is 1150. The van der Waals surface area contributed by atoms with Crippen molar-refractivity contribution in [3.63, 3.8) is 0 Å². The van der Waals surface area contributed by atoms with E-state index in [-0.39, 0.29) is 16.3 Å². The minimum absolute atomic E-state index is 0.126. The van der Waals surface area contributed by atoms with Gasteiger partial charge in [-0.1, -0.05) is 23.7 Å². The Hall–Kier alpha value is -3.32. The highest BCUT2D eigenvalue weighted by Crippen LogP contribution is 2.52. The molecular formula is C20H17ClF3N5O2. The molecule has 0 bridgehead atoms. The Kier molecular flexibility index (Phi) is 5.36. The van der Waals surface area contributed by atoms with Crippen LogP contribution in [0.3, 0.4) is 0 Å². The van der Waals surface area contributed by atoms with Crippen molar-refractivity contribution in [3.8, 4) is 6.07 Å². The van der Waals surface area contributed by atoms with Crippen LogP contribution in [0.15, 0.2) is 35.5 Å². The molecule has 1 aliphatic rings. The second-order valence-corrected chi connectivity index (χ2v) is 7.91. The molecule has 2 heterocycles. The van der Waals surface area contributed by atoms with Gasteiger partial charge < -0.3 is 15.8 Å². The summed E-state index contributed by atoms with van der Waals surface area (Å²) in [7, 11) is 0. The molecule has 0 spiro atoms. The van der Waals surface area contributed by atoms with Gasteiger partial charge in [0.15, 0.2) is 5.82 Å². The highest BCUT2D eigenvalue weighted by molar-refractivity contribution is 6.34. The number of anilines is 1. The summed E-state index contributed by atoms with van der Waals surface area (Å²) in [5.74, 6) is -5.70. The normalized spacial score (nSPS) is 21.4. The topological polar surface area (TPSA) is 113 Å². The zero-order valence-corrected chi connectivity index (χ0v) is 17.4. The highest BCUT2D eigenvalue weighted by atomic mass is 35.5. The number of pyridine rings is 1. The van der Waals surface area contributed by atoms with Crippen LogP contribution in [-0.2, 0) is 10.3 Å². The van der Waals surface area contributed by atoms with Crippen LogP contribution >= 0.6 is 11.6 Å². The van der Waals surface area contributed by atoms with Gasteiger partial charge in [0, 0.05) is 11.8 Å². The van der Waals surface area contributed by atoms with Gasteiger partial charge in [0.05, 0.1) is 16.3 Å². The predicted molar refractivity (Wildman–Crippen MR) is 107 cm³/mol. The Morgan fingerprint density at radius 2 is 2.00 bits per heavy atom. The van der Waals surface area contributed by atoms with Gasteiger partial charge in [-0.25, -0.2) is 14.4 Å². The van der Waals surface area contributed by atoms with Gasteiger partial charge in [-0.3, -0.25) is 4.79 Å². The van der Waals surface area contributed by atoms with E-state index in [1.54, 1.807) is 0 Å². The molecule has 2 aromatic rings. The van der Waals surface area contributed by atoms with Crippen LogP contribution in [0.5, 0.6) is 0 Å². The molecule has 0 fully saturated rings. The quantitative estimate of drug-likeness (QED) is 0.733. The van der Waals surface area contributed by atoms with Gasteiger partial charge >= 0.3 is 5.92 Å². The number of nitrogens with one attached hydrogen (secondary N) is 1. The number of nitrogens with zero attached hydrogens (tertiary/aromatic N) is 3. The average Bonchev–Trinajstić information content (AvgIpc) is 2.67. The maximum Gasteiger partial charge on any atom is 0.315 e. The minimum atomic E-state index is -3.66. The van der Waals surface area contributed by atoms with Crippen molar-refractivity contribution >= 4 is 29.2 Å². The number of hydrogen-bond acceptors (Lipinski definition) is 6. The van der Waals surface area contributed by atoms with E-state index >= 15 is 13.2 Å². The molecule has 1 amide bonds. The van der Waals surface area contributed by atoms with E-state index in [9.17, 15) is 4.79 Å². The number of benzene rings is 1. The van der Waals surface area contributed by atoms with Crippen molar-refractivity contribution in [1.82, 2.24) is 4.98 Å². The number of carbonyl (C=O) groups is 1. The molecule has 162 valence electrons. The van der Waals surface area contributed by atoms with E-state index in [0.717, 1.165) is 33.0 Å². The number of hydrogen-bond donors (Lipinski definition) is 2. The lowest BCUT2D eigenvalue weighted by atomic mass is 9.78. The first-order chi connectivity index (χ1) is 14.3. The van der Waals surface area contributed by atoms with E-state index < -0.39 is 46.1 Å². The molecule has 7 nitrogen and oxygen atoms in total.